The highest BCUT2D eigenvalue weighted by molar-refractivity contribution is 7.09. The van der Waals surface area contributed by atoms with Crippen LogP contribution < -0.4 is 11.1 Å². The number of hydrogen-bond acceptors (Lipinski definition) is 6. The van der Waals surface area contributed by atoms with E-state index in [0.717, 1.165) is 5.01 Å². The maximum absolute atomic E-state index is 11.9. The van der Waals surface area contributed by atoms with E-state index in [1.54, 1.807) is 5.38 Å². The molecule has 2 aromatic rings. The smallest absolute Gasteiger partial charge is 0.275 e. The molecule has 0 bridgehead atoms. The Labute approximate surface area is 118 Å². The summed E-state index contributed by atoms with van der Waals surface area (Å²) in [7, 11) is 0. The van der Waals surface area contributed by atoms with Gasteiger partial charge in [-0.25, -0.2) is 4.98 Å². The maximum atomic E-state index is 11.9. The summed E-state index contributed by atoms with van der Waals surface area (Å²) < 4.78 is 0. The predicted octanol–water partition coefficient (Wildman–Crippen LogP) is 1.80. The first-order valence-electron chi connectivity index (χ1n) is 5.80. The van der Waals surface area contributed by atoms with E-state index >= 15 is 0 Å². The molecule has 3 N–H and O–H groups in total. The Balaban J connectivity index is 2.04. The summed E-state index contributed by atoms with van der Waals surface area (Å²) in [5.74, 6) is -0.349. The molecule has 1 aromatic carbocycles. The van der Waals surface area contributed by atoms with Crippen LogP contribution in [0.4, 0.5) is 11.4 Å². The highest BCUT2D eigenvalue weighted by Crippen LogP contribution is 2.17. The zero-order valence-electron chi connectivity index (χ0n) is 10.4. The van der Waals surface area contributed by atoms with Gasteiger partial charge in [0.15, 0.2) is 0 Å². The van der Waals surface area contributed by atoms with Crippen LogP contribution in [0, 0.1) is 10.1 Å². The van der Waals surface area contributed by atoms with Crippen LogP contribution >= 0.6 is 11.3 Å². The maximum Gasteiger partial charge on any atom is 0.275 e. The summed E-state index contributed by atoms with van der Waals surface area (Å²) in [6, 6.07) is 5.61. The van der Waals surface area contributed by atoms with Gasteiger partial charge >= 0.3 is 0 Å². The number of nitro groups is 1. The average molecular weight is 292 g/mol. The number of benzene rings is 1. The number of aromatic nitrogens is 1. The predicted molar refractivity (Wildman–Crippen MR) is 75.9 cm³/mol. The fourth-order valence-corrected chi connectivity index (χ4v) is 2.31. The Morgan fingerprint density at radius 2 is 2.10 bits per heavy atom. The third kappa shape index (κ3) is 3.37. The normalized spacial score (nSPS) is 10.2. The van der Waals surface area contributed by atoms with Gasteiger partial charge in [0.25, 0.3) is 11.6 Å². The van der Waals surface area contributed by atoms with Gasteiger partial charge in [-0.3, -0.25) is 14.9 Å². The SMILES string of the molecule is NCCc1nc(C(=O)Nc2ccc([N+](=O)[O-])cc2)cs1. The van der Waals surface area contributed by atoms with Crippen molar-refractivity contribution in [2.45, 2.75) is 6.42 Å². The molecule has 0 unspecified atom stereocenters. The molecule has 0 fully saturated rings. The van der Waals surface area contributed by atoms with Crippen molar-refractivity contribution < 1.29 is 9.72 Å². The first-order valence-corrected chi connectivity index (χ1v) is 6.68. The molecule has 1 heterocycles. The molecule has 0 saturated carbocycles. The molecule has 2 rings (SSSR count). The third-order valence-corrected chi connectivity index (χ3v) is 3.39. The summed E-state index contributed by atoms with van der Waals surface area (Å²) in [6.45, 7) is 0.483. The number of nitrogens with zero attached hydrogens (tertiary/aromatic N) is 2. The van der Waals surface area contributed by atoms with Gasteiger partial charge in [-0.2, -0.15) is 0 Å². The fourth-order valence-electron chi connectivity index (χ4n) is 1.52. The third-order valence-electron chi connectivity index (χ3n) is 2.48. The van der Waals surface area contributed by atoms with E-state index in [1.807, 2.05) is 0 Å². The molecular formula is C12H12N4O3S. The lowest BCUT2D eigenvalue weighted by atomic mass is 10.3. The van der Waals surface area contributed by atoms with Crippen molar-refractivity contribution in [1.82, 2.24) is 4.98 Å². The van der Waals surface area contributed by atoms with Gasteiger partial charge < -0.3 is 11.1 Å². The molecule has 0 atom stereocenters. The molecule has 8 heteroatoms. The van der Waals surface area contributed by atoms with Gasteiger partial charge in [0, 0.05) is 29.6 Å². The molecule has 104 valence electrons. The minimum absolute atomic E-state index is 0.0260. The second-order valence-corrected chi connectivity index (χ2v) is 4.87. The van der Waals surface area contributed by atoms with E-state index in [4.69, 9.17) is 5.73 Å². The number of nitrogens with two attached hydrogens (primary N) is 1. The molecule has 1 aromatic heterocycles. The van der Waals surface area contributed by atoms with E-state index in [-0.39, 0.29) is 11.6 Å². The standard InChI is InChI=1S/C12H12N4O3S/c13-6-5-11-15-10(7-20-11)12(17)14-8-1-3-9(4-2-8)16(18)19/h1-4,7H,5-6,13H2,(H,14,17). The Morgan fingerprint density at radius 1 is 1.40 bits per heavy atom. The fraction of sp³-hybridized carbons (Fsp3) is 0.167. The van der Waals surface area contributed by atoms with E-state index in [9.17, 15) is 14.9 Å². The number of carbonyl (C=O) groups excluding carboxylic acids is 1. The summed E-state index contributed by atoms with van der Waals surface area (Å²) in [5.41, 5.74) is 6.19. The lowest BCUT2D eigenvalue weighted by molar-refractivity contribution is -0.384. The van der Waals surface area contributed by atoms with Gasteiger partial charge in [0.1, 0.15) is 5.69 Å². The number of hydrogen-bond donors (Lipinski definition) is 2. The van der Waals surface area contributed by atoms with E-state index in [0.29, 0.717) is 24.3 Å². The van der Waals surface area contributed by atoms with Crippen molar-refractivity contribution >= 4 is 28.6 Å². The zero-order valence-corrected chi connectivity index (χ0v) is 11.2. The van der Waals surface area contributed by atoms with Gasteiger partial charge in [0.05, 0.1) is 9.93 Å². The topological polar surface area (TPSA) is 111 Å². The van der Waals surface area contributed by atoms with Crippen molar-refractivity contribution in [2.75, 3.05) is 11.9 Å². The van der Waals surface area contributed by atoms with Gasteiger partial charge in [0.2, 0.25) is 0 Å². The first-order chi connectivity index (χ1) is 9.60. The van der Waals surface area contributed by atoms with Crippen LogP contribution in [-0.2, 0) is 6.42 Å². The molecule has 0 saturated heterocycles. The minimum Gasteiger partial charge on any atom is -0.330 e. The molecule has 0 aliphatic carbocycles. The van der Waals surface area contributed by atoms with Crippen LogP contribution in [0.2, 0.25) is 0 Å². The van der Waals surface area contributed by atoms with E-state index in [1.165, 1.54) is 35.6 Å². The number of carbonyl (C=O) groups is 1. The van der Waals surface area contributed by atoms with Crippen LogP contribution in [0.3, 0.4) is 0 Å². The molecular weight excluding hydrogens is 280 g/mol. The Bertz CT molecular complexity index is 624. The largest absolute Gasteiger partial charge is 0.330 e. The highest BCUT2D eigenvalue weighted by atomic mass is 32.1. The quantitative estimate of drug-likeness (QED) is 0.644. The van der Waals surface area contributed by atoms with Crippen molar-refractivity contribution in [3.8, 4) is 0 Å². The molecule has 0 aliphatic rings. The number of nitro benzene ring substituents is 1. The second-order valence-electron chi connectivity index (χ2n) is 3.92. The molecule has 0 aliphatic heterocycles. The monoisotopic (exact) mass is 292 g/mol. The van der Waals surface area contributed by atoms with Gasteiger partial charge in [-0.1, -0.05) is 0 Å². The van der Waals surface area contributed by atoms with Crippen LogP contribution in [-0.4, -0.2) is 22.4 Å². The second kappa shape index (κ2) is 6.22. The Kier molecular flexibility index (Phi) is 4.38. The van der Waals surface area contributed by atoms with Crippen molar-refractivity contribution in [1.29, 1.82) is 0 Å². The van der Waals surface area contributed by atoms with Gasteiger partial charge in [-0.05, 0) is 18.7 Å². The minimum atomic E-state index is -0.495. The summed E-state index contributed by atoms with van der Waals surface area (Å²) in [4.78, 5) is 26.1. The summed E-state index contributed by atoms with van der Waals surface area (Å²) in [6.07, 6.45) is 0.634. The summed E-state index contributed by atoms with van der Waals surface area (Å²) >= 11 is 1.38. The van der Waals surface area contributed by atoms with E-state index in [2.05, 4.69) is 10.3 Å². The highest BCUT2D eigenvalue weighted by Gasteiger charge is 2.11. The van der Waals surface area contributed by atoms with Crippen LogP contribution in [0.1, 0.15) is 15.5 Å². The molecule has 7 nitrogen and oxygen atoms in total. The van der Waals surface area contributed by atoms with Crippen LogP contribution in [0.25, 0.3) is 0 Å². The summed E-state index contributed by atoms with van der Waals surface area (Å²) in [5, 5.41) is 15.6. The molecule has 1 amide bonds. The lowest BCUT2D eigenvalue weighted by Gasteiger charge is -2.02. The number of rotatable bonds is 5. The van der Waals surface area contributed by atoms with Crippen molar-refractivity contribution in [3.05, 3.63) is 50.5 Å². The number of non-ortho nitro benzene ring substituents is 1. The van der Waals surface area contributed by atoms with Gasteiger partial charge in [-0.15, -0.1) is 11.3 Å². The van der Waals surface area contributed by atoms with E-state index < -0.39 is 4.92 Å². The van der Waals surface area contributed by atoms with Crippen molar-refractivity contribution in [3.63, 3.8) is 0 Å². The number of amides is 1. The Morgan fingerprint density at radius 3 is 2.70 bits per heavy atom. The van der Waals surface area contributed by atoms with Crippen LogP contribution in [0.15, 0.2) is 29.6 Å². The number of thiazole rings is 1. The first kappa shape index (κ1) is 14.1. The molecule has 0 spiro atoms. The Hall–Kier alpha value is -2.32. The number of nitrogens with one attached hydrogen (secondary N) is 1. The molecule has 0 radical (unpaired) electrons. The van der Waals surface area contributed by atoms with Crippen LogP contribution in [0.5, 0.6) is 0 Å². The molecule has 20 heavy (non-hydrogen) atoms. The number of anilines is 1. The lowest BCUT2D eigenvalue weighted by Crippen LogP contribution is -2.12. The zero-order chi connectivity index (χ0) is 14.5. The average Bonchev–Trinajstić information content (AvgIpc) is 2.88. The van der Waals surface area contributed by atoms with Crippen molar-refractivity contribution in [2.24, 2.45) is 5.73 Å².